The highest BCUT2D eigenvalue weighted by molar-refractivity contribution is 8.13. The average Bonchev–Trinajstić information content (AvgIpc) is 0.771. The van der Waals surface area contributed by atoms with Crippen LogP contribution in [-0.2, 0) is 48.7 Å². The molecule has 0 heterocycles. The first-order chi connectivity index (χ1) is 52.0. The number of halogens is 9. The minimum absolute atomic E-state index is 0.00423. The van der Waals surface area contributed by atoms with E-state index < -0.39 is 69.8 Å². The molecule has 0 amide bonds. The summed E-state index contributed by atoms with van der Waals surface area (Å²) in [4.78, 5) is 11.9. The second-order valence-corrected chi connectivity index (χ2v) is 34.6. The van der Waals surface area contributed by atoms with Crippen LogP contribution in [-0.4, -0.2) is 80.2 Å². The Morgan fingerprint density at radius 1 is 0.376 bits per heavy atom. The Hall–Kier alpha value is -7.68. The lowest BCUT2D eigenvalue weighted by Gasteiger charge is -2.31. The fourth-order valence-electron chi connectivity index (χ4n) is 10.9. The van der Waals surface area contributed by atoms with Gasteiger partial charge in [0.25, 0.3) is 9.05 Å². The van der Waals surface area contributed by atoms with E-state index in [1.165, 1.54) is 84.2 Å². The smallest absolute Gasteiger partial charge is 0.321 e. The van der Waals surface area contributed by atoms with Crippen molar-refractivity contribution in [1.29, 1.82) is 0 Å². The van der Waals surface area contributed by atoms with E-state index in [-0.39, 0.29) is 58.9 Å². The predicted molar refractivity (Wildman–Crippen MR) is 439 cm³/mol. The number of hydrogen-bond acceptors (Lipinski definition) is 12. The molecule has 4 N–H and O–H groups in total. The van der Waals surface area contributed by atoms with E-state index in [1.807, 2.05) is 194 Å². The van der Waals surface area contributed by atoms with Crippen molar-refractivity contribution >= 4 is 149 Å². The number of hydrogen-bond donors (Lipinski definition) is 3. The highest BCUT2D eigenvalue weighted by Gasteiger charge is 2.38. The summed E-state index contributed by atoms with van der Waals surface area (Å²) in [6.45, 7) is -0.914. The van der Waals surface area contributed by atoms with Gasteiger partial charge in [-0.15, -0.1) is 0 Å². The summed E-state index contributed by atoms with van der Waals surface area (Å²) in [5, 5.41) is 11.2. The van der Waals surface area contributed by atoms with Crippen molar-refractivity contribution in [2.24, 2.45) is 5.73 Å². The van der Waals surface area contributed by atoms with Crippen molar-refractivity contribution in [2.45, 2.75) is 43.7 Å². The van der Waals surface area contributed by atoms with Crippen LogP contribution in [0, 0.1) is 0 Å². The van der Waals surface area contributed by atoms with Gasteiger partial charge in [0.2, 0.25) is 30.1 Å². The summed E-state index contributed by atoms with van der Waals surface area (Å²) in [5.74, 6) is -0.694. The van der Waals surface area contributed by atoms with E-state index in [0.29, 0.717) is 31.2 Å². The summed E-state index contributed by atoms with van der Waals surface area (Å²) in [7, 11) is -9.57. The van der Waals surface area contributed by atoms with Crippen LogP contribution in [0.3, 0.4) is 0 Å². The molecule has 28 heteroatoms. The maximum Gasteiger partial charge on any atom is 0.321 e. The summed E-state index contributed by atoms with van der Waals surface area (Å²) >= 11 is 47.4. The highest BCUT2D eigenvalue weighted by Crippen LogP contribution is 2.39. The first kappa shape index (κ1) is 86.9. The number of methoxy groups -OCH3 is 1. The first-order valence-corrected chi connectivity index (χ1v) is 42.4. The lowest BCUT2D eigenvalue weighted by molar-refractivity contribution is -0.141. The number of aliphatic hydroxyl groups is 1. The van der Waals surface area contributed by atoms with E-state index in [9.17, 15) is 43.6 Å². The maximum absolute atomic E-state index is 13.7. The SMILES string of the molecule is COC(=O)CN(C(c1ccccc1)c1ccccc1)S(=O)(=O)c1ccc(Cl)cc1Cl.NC(c1ccccc1)c1ccccc1.O=S(=O)(Cl)c1ccc(Cl)cc1Cl.O=S(=O)(NC(c1ccccc1)c1ccccc1)c1ccc(Cl)cc1Cl.O=S(=O)(c1ccc(Cl)cc1Cl)N(CCO)C(c1ccccc1)c1ccccc1. The van der Waals surface area contributed by atoms with Crippen LogP contribution in [0.25, 0.3) is 0 Å². The normalized spacial score (nSPS) is 11.5. The fourth-order valence-corrected chi connectivity index (χ4v) is 19.3. The third-order valence-electron chi connectivity index (χ3n) is 16.0. The van der Waals surface area contributed by atoms with E-state index in [2.05, 4.69) is 29.0 Å². The van der Waals surface area contributed by atoms with Gasteiger partial charge in [0.05, 0.1) is 58.0 Å². The number of ether oxygens (including phenoxy) is 1. The van der Waals surface area contributed by atoms with Crippen molar-refractivity contribution in [3.63, 3.8) is 0 Å². The van der Waals surface area contributed by atoms with Crippen LogP contribution in [0.5, 0.6) is 0 Å². The number of nitrogens with two attached hydrogens (primary N) is 1. The molecule has 0 aliphatic rings. The molecule has 12 rings (SSSR count). The zero-order chi connectivity index (χ0) is 78.9. The van der Waals surface area contributed by atoms with Crippen molar-refractivity contribution in [1.82, 2.24) is 13.3 Å². The summed E-state index contributed by atoms with van der Waals surface area (Å²) in [6, 6.07) is 90.5. The summed E-state index contributed by atoms with van der Waals surface area (Å²) < 4.78 is 112. The van der Waals surface area contributed by atoms with Gasteiger partial charge in [0.15, 0.2) is 0 Å². The third-order valence-corrected chi connectivity index (χ3v) is 25.3. The number of rotatable bonds is 22. The quantitative estimate of drug-likeness (QED) is 0.0425. The van der Waals surface area contributed by atoms with Crippen LogP contribution < -0.4 is 10.5 Å². The molecular formula is C81H69Cl9N4O11S4. The monoisotopic (exact) mass is 1720 g/mol. The standard InChI is InChI=1S/C22H19Cl2NO4S.C21H19Cl2NO3S.C19H15Cl2NO2S.C13H13N.C6H3Cl3O2S/c1-29-21(26)15-25(30(27,28)20-13-12-18(23)14-19(20)24)22(16-8-4-2-5-9-16)17-10-6-3-7-11-17;22-18-11-12-20(19(23)15-18)28(26,27)24(13-14-25)21(16-7-3-1-4-8-16)17-9-5-2-6-10-17;20-16-11-12-18(17(21)13-16)25(23,24)22-19(14-7-3-1-4-8-14)15-9-5-2-6-10-15;14-13(11-7-3-1-4-8-11)12-9-5-2-6-10-12;7-4-1-2-6(5(8)3-4)12(9,10)11/h2-14,22H,15H2,1H3;1-12,15,21,25H,13-14H2;1-13,19,22H;1-10,13H,14H2;1-3H. The minimum atomic E-state index is -4.21. The van der Waals surface area contributed by atoms with Gasteiger partial charge >= 0.3 is 5.97 Å². The number of carbonyl (C=O) groups is 1. The Morgan fingerprint density at radius 3 is 0.908 bits per heavy atom. The molecule has 109 heavy (non-hydrogen) atoms. The van der Waals surface area contributed by atoms with Gasteiger partial charge in [-0.1, -0.05) is 335 Å². The van der Waals surface area contributed by atoms with E-state index in [4.69, 9.17) is 114 Å². The molecule has 0 aromatic heterocycles. The lowest BCUT2D eigenvalue weighted by atomic mass is 9.99. The van der Waals surface area contributed by atoms with E-state index in [1.54, 1.807) is 24.3 Å². The third kappa shape index (κ3) is 24.7. The molecule has 15 nitrogen and oxygen atoms in total. The van der Waals surface area contributed by atoms with Crippen molar-refractivity contribution in [3.05, 3.63) is 400 Å². The molecule has 0 atom stereocenters. The number of sulfonamides is 3. The molecule has 0 saturated heterocycles. The van der Waals surface area contributed by atoms with Gasteiger partial charge in [-0.2, -0.15) is 13.3 Å². The molecule has 0 spiro atoms. The molecule has 0 aliphatic carbocycles. The Labute approximate surface area is 680 Å². The zero-order valence-corrected chi connectivity index (χ0v) is 67.6. The highest BCUT2D eigenvalue weighted by atomic mass is 35.7. The first-order valence-electron chi connectivity index (χ1n) is 32.7. The molecule has 0 unspecified atom stereocenters. The van der Waals surface area contributed by atoms with Crippen LogP contribution in [0.15, 0.2) is 335 Å². The molecule has 12 aromatic rings. The fraction of sp³-hybridized carbons (Fsp3) is 0.0988. The molecule has 0 bridgehead atoms. The molecule has 0 radical (unpaired) electrons. The van der Waals surface area contributed by atoms with Gasteiger partial charge in [-0.05, 0) is 117 Å². The Balaban J connectivity index is 0.000000178. The predicted octanol–water partition coefficient (Wildman–Crippen LogP) is 20.4. The molecule has 566 valence electrons. The van der Waals surface area contributed by atoms with Gasteiger partial charge in [-0.3, -0.25) is 4.79 Å². The number of benzene rings is 12. The average molecular weight is 1720 g/mol. The van der Waals surface area contributed by atoms with Gasteiger partial charge < -0.3 is 15.6 Å². The Kier molecular flexibility index (Phi) is 33.1. The van der Waals surface area contributed by atoms with Crippen molar-refractivity contribution in [2.75, 3.05) is 26.8 Å². The lowest BCUT2D eigenvalue weighted by Crippen LogP contribution is -2.39. The van der Waals surface area contributed by atoms with Gasteiger partial charge in [-0.25, -0.2) is 33.7 Å². The minimum Gasteiger partial charge on any atom is -0.468 e. The number of esters is 1. The van der Waals surface area contributed by atoms with Gasteiger partial charge in [0, 0.05) is 37.3 Å². The number of carbonyl (C=O) groups excluding carboxylic acids is 1. The molecule has 0 aliphatic heterocycles. The van der Waals surface area contributed by atoms with Gasteiger partial charge in [0.1, 0.15) is 26.1 Å². The molecule has 0 fully saturated rings. The molecule has 12 aromatic carbocycles. The number of aliphatic hydroxyl groups excluding tert-OH is 1. The summed E-state index contributed by atoms with van der Waals surface area (Å²) in [5.41, 5.74) is 13.1. The van der Waals surface area contributed by atoms with Crippen molar-refractivity contribution in [3.8, 4) is 0 Å². The van der Waals surface area contributed by atoms with Crippen LogP contribution in [0.4, 0.5) is 0 Å². The second-order valence-electron chi connectivity index (χ2n) is 23.3. The van der Waals surface area contributed by atoms with E-state index >= 15 is 0 Å². The van der Waals surface area contributed by atoms with E-state index in [0.717, 1.165) is 37.7 Å². The summed E-state index contributed by atoms with van der Waals surface area (Å²) in [6.07, 6.45) is 0. The Bertz CT molecular complexity index is 5250. The number of nitrogens with zero attached hydrogens (tertiary/aromatic N) is 2. The van der Waals surface area contributed by atoms with Crippen LogP contribution in [0.2, 0.25) is 40.2 Å². The van der Waals surface area contributed by atoms with Crippen LogP contribution in [0.1, 0.15) is 68.7 Å². The van der Waals surface area contributed by atoms with Crippen LogP contribution >= 0.6 is 103 Å². The maximum atomic E-state index is 13.7. The number of nitrogens with one attached hydrogen (secondary N) is 1. The zero-order valence-electron chi connectivity index (χ0n) is 57.5. The second kappa shape index (κ2) is 41.6. The molecular weight excluding hydrogens is 1650 g/mol. The molecule has 0 saturated carbocycles. The topological polar surface area (TPSA) is 228 Å². The Morgan fingerprint density at radius 2 is 0.633 bits per heavy atom. The van der Waals surface area contributed by atoms with Crippen molar-refractivity contribution < 1.29 is 48.3 Å². The largest absolute Gasteiger partial charge is 0.468 e.